The number of fused-ring (bicyclic) bond motifs is 1. The van der Waals surface area contributed by atoms with Crippen molar-refractivity contribution in [1.82, 2.24) is 14.8 Å². The Balaban J connectivity index is 1.28. The predicted octanol–water partition coefficient (Wildman–Crippen LogP) is 4.35. The molecule has 0 unspecified atom stereocenters. The summed E-state index contributed by atoms with van der Waals surface area (Å²) in [5.41, 5.74) is 4.66. The van der Waals surface area contributed by atoms with Gasteiger partial charge < -0.3 is 14.5 Å². The summed E-state index contributed by atoms with van der Waals surface area (Å²) in [7, 11) is 1.64. The Bertz CT molecular complexity index is 1220. The number of halogens is 1. The van der Waals surface area contributed by atoms with E-state index in [2.05, 4.69) is 39.1 Å². The molecule has 6 nitrogen and oxygen atoms in total. The minimum absolute atomic E-state index is 0.00383. The number of aromatic nitrogens is 1. The van der Waals surface area contributed by atoms with E-state index in [-0.39, 0.29) is 11.7 Å². The summed E-state index contributed by atoms with van der Waals surface area (Å²) in [6.07, 6.45) is 7.15. The Labute approximate surface area is 198 Å². The van der Waals surface area contributed by atoms with Gasteiger partial charge in [-0.1, -0.05) is 30.4 Å². The fourth-order valence-electron chi connectivity index (χ4n) is 4.61. The van der Waals surface area contributed by atoms with Gasteiger partial charge in [0.05, 0.1) is 19.0 Å². The van der Waals surface area contributed by atoms with Gasteiger partial charge in [0.2, 0.25) is 0 Å². The summed E-state index contributed by atoms with van der Waals surface area (Å²) in [6.45, 7) is 4.07. The summed E-state index contributed by atoms with van der Waals surface area (Å²) in [5, 5.41) is 0. The molecule has 1 fully saturated rings. The van der Waals surface area contributed by atoms with E-state index in [0.29, 0.717) is 30.9 Å². The molecule has 1 amide bonds. The highest BCUT2D eigenvalue weighted by Gasteiger charge is 2.24. The molecule has 0 aliphatic carbocycles. The SMILES string of the molecule is COc1cc(C(=O)N2CCN(Cc3cncc(F)c3)CC2)ccc1N1CC=Cc2ccccc21. The zero-order chi connectivity index (χ0) is 23.5. The first kappa shape index (κ1) is 22.1. The number of hydrogen-bond donors (Lipinski definition) is 0. The van der Waals surface area contributed by atoms with E-state index in [1.54, 1.807) is 13.3 Å². The molecule has 1 aromatic heterocycles. The highest BCUT2D eigenvalue weighted by molar-refractivity contribution is 5.96. The van der Waals surface area contributed by atoms with Gasteiger partial charge in [-0.25, -0.2) is 4.39 Å². The van der Waals surface area contributed by atoms with E-state index >= 15 is 0 Å². The lowest BCUT2D eigenvalue weighted by Crippen LogP contribution is -2.48. The number of anilines is 2. The third-order valence-electron chi connectivity index (χ3n) is 6.36. The Morgan fingerprint density at radius 2 is 1.85 bits per heavy atom. The van der Waals surface area contributed by atoms with Crippen molar-refractivity contribution in [1.29, 1.82) is 0 Å². The Kier molecular flexibility index (Phi) is 6.27. The van der Waals surface area contributed by atoms with E-state index in [1.165, 1.54) is 12.3 Å². The lowest BCUT2D eigenvalue weighted by atomic mass is 10.1. The number of carbonyl (C=O) groups excluding carboxylic acids is 1. The molecule has 7 heteroatoms. The van der Waals surface area contributed by atoms with E-state index in [0.717, 1.165) is 42.1 Å². The van der Waals surface area contributed by atoms with Crippen LogP contribution in [0.3, 0.4) is 0 Å². The van der Waals surface area contributed by atoms with Gasteiger partial charge in [0, 0.05) is 56.7 Å². The molecule has 2 aliphatic rings. The van der Waals surface area contributed by atoms with Crippen molar-refractivity contribution in [2.24, 2.45) is 0 Å². The second kappa shape index (κ2) is 9.65. The van der Waals surface area contributed by atoms with Gasteiger partial charge in [-0.05, 0) is 41.5 Å². The van der Waals surface area contributed by atoms with Crippen LogP contribution in [0, 0.1) is 5.82 Å². The third kappa shape index (κ3) is 4.52. The Morgan fingerprint density at radius 1 is 1.03 bits per heavy atom. The maximum Gasteiger partial charge on any atom is 0.254 e. The molecule has 174 valence electrons. The Morgan fingerprint density at radius 3 is 2.65 bits per heavy atom. The van der Waals surface area contributed by atoms with Crippen LogP contribution in [0.15, 0.2) is 67.0 Å². The smallest absolute Gasteiger partial charge is 0.254 e. The van der Waals surface area contributed by atoms with Crippen molar-refractivity contribution in [3.63, 3.8) is 0 Å². The van der Waals surface area contributed by atoms with Crippen molar-refractivity contribution in [2.75, 3.05) is 44.7 Å². The molecular formula is C27H27FN4O2. The first-order chi connectivity index (χ1) is 16.6. The first-order valence-electron chi connectivity index (χ1n) is 11.4. The topological polar surface area (TPSA) is 48.9 Å². The number of para-hydroxylation sites is 1. The van der Waals surface area contributed by atoms with Crippen LogP contribution in [0.4, 0.5) is 15.8 Å². The summed E-state index contributed by atoms with van der Waals surface area (Å²) in [5.74, 6) is 0.344. The molecular weight excluding hydrogens is 431 g/mol. The monoisotopic (exact) mass is 458 g/mol. The molecule has 1 saturated heterocycles. The second-order valence-electron chi connectivity index (χ2n) is 8.54. The van der Waals surface area contributed by atoms with Gasteiger partial charge in [-0.2, -0.15) is 0 Å². The highest BCUT2D eigenvalue weighted by atomic mass is 19.1. The maximum absolute atomic E-state index is 13.4. The lowest BCUT2D eigenvalue weighted by molar-refractivity contribution is 0.0628. The zero-order valence-electron chi connectivity index (χ0n) is 19.2. The molecule has 0 N–H and O–H groups in total. The number of pyridine rings is 1. The average molecular weight is 459 g/mol. The van der Waals surface area contributed by atoms with Crippen molar-refractivity contribution >= 4 is 23.4 Å². The van der Waals surface area contributed by atoms with Gasteiger partial charge in [-0.15, -0.1) is 0 Å². The van der Waals surface area contributed by atoms with Gasteiger partial charge in [0.1, 0.15) is 11.6 Å². The molecule has 0 bridgehead atoms. The number of benzene rings is 2. The maximum atomic E-state index is 13.4. The molecule has 3 aromatic rings. The molecule has 34 heavy (non-hydrogen) atoms. The van der Waals surface area contributed by atoms with Crippen LogP contribution in [-0.2, 0) is 6.54 Å². The first-order valence-corrected chi connectivity index (χ1v) is 11.4. The number of amides is 1. The van der Waals surface area contributed by atoms with Crippen LogP contribution in [0.5, 0.6) is 5.75 Å². The van der Waals surface area contributed by atoms with E-state index < -0.39 is 0 Å². The van der Waals surface area contributed by atoms with Gasteiger partial charge in [0.15, 0.2) is 0 Å². The number of piperazine rings is 1. The van der Waals surface area contributed by atoms with Gasteiger partial charge >= 0.3 is 0 Å². The third-order valence-corrected chi connectivity index (χ3v) is 6.36. The van der Waals surface area contributed by atoms with Crippen molar-refractivity contribution in [2.45, 2.75) is 6.54 Å². The number of hydrogen-bond acceptors (Lipinski definition) is 5. The van der Waals surface area contributed by atoms with Crippen molar-refractivity contribution in [3.05, 3.63) is 89.5 Å². The summed E-state index contributed by atoms with van der Waals surface area (Å²) >= 11 is 0. The van der Waals surface area contributed by atoms with E-state index in [1.807, 2.05) is 35.2 Å². The molecule has 3 heterocycles. The normalized spacial score (nSPS) is 15.8. The molecule has 0 spiro atoms. The standard InChI is InChI=1S/C27H27FN4O2/c1-34-26-16-22(8-9-25(26)32-10-4-6-21-5-2-3-7-24(21)32)27(33)31-13-11-30(12-14-31)19-20-15-23(28)18-29-17-20/h2-9,15-18H,10-14,19H2,1H3. The molecule has 0 radical (unpaired) electrons. The molecule has 2 aliphatic heterocycles. The van der Waals surface area contributed by atoms with Crippen LogP contribution in [0.25, 0.3) is 6.08 Å². The number of rotatable bonds is 5. The predicted molar refractivity (Wildman–Crippen MR) is 131 cm³/mol. The molecule has 0 atom stereocenters. The van der Waals surface area contributed by atoms with Crippen molar-refractivity contribution < 1.29 is 13.9 Å². The minimum atomic E-state index is -0.326. The van der Waals surface area contributed by atoms with Crippen molar-refractivity contribution in [3.8, 4) is 5.75 Å². The summed E-state index contributed by atoms with van der Waals surface area (Å²) in [6, 6.07) is 15.4. The zero-order valence-corrected chi connectivity index (χ0v) is 19.2. The van der Waals surface area contributed by atoms with Crippen LogP contribution in [-0.4, -0.2) is 60.5 Å². The van der Waals surface area contributed by atoms with Crippen LogP contribution < -0.4 is 9.64 Å². The number of nitrogens with zero attached hydrogens (tertiary/aromatic N) is 4. The Hall–Kier alpha value is -3.71. The fourth-order valence-corrected chi connectivity index (χ4v) is 4.61. The molecule has 5 rings (SSSR count). The number of carbonyl (C=O) groups is 1. The second-order valence-corrected chi connectivity index (χ2v) is 8.54. The van der Waals surface area contributed by atoms with Gasteiger partial charge in [0.25, 0.3) is 5.91 Å². The van der Waals surface area contributed by atoms with Crippen LogP contribution in [0.1, 0.15) is 21.5 Å². The molecule has 2 aromatic carbocycles. The number of ether oxygens (including phenoxy) is 1. The van der Waals surface area contributed by atoms with Gasteiger partial charge in [-0.3, -0.25) is 14.7 Å². The highest BCUT2D eigenvalue weighted by Crippen LogP contribution is 2.38. The minimum Gasteiger partial charge on any atom is -0.495 e. The van der Waals surface area contributed by atoms with Crippen LogP contribution >= 0.6 is 0 Å². The average Bonchev–Trinajstić information content (AvgIpc) is 2.88. The summed E-state index contributed by atoms with van der Waals surface area (Å²) < 4.78 is 19.1. The number of methoxy groups -OCH3 is 1. The quantitative estimate of drug-likeness (QED) is 0.569. The van der Waals surface area contributed by atoms with Crippen LogP contribution in [0.2, 0.25) is 0 Å². The fraction of sp³-hybridized carbons (Fsp3) is 0.259. The van der Waals surface area contributed by atoms with E-state index in [4.69, 9.17) is 4.74 Å². The lowest BCUT2D eigenvalue weighted by Gasteiger charge is -2.35. The largest absolute Gasteiger partial charge is 0.495 e. The van der Waals surface area contributed by atoms with E-state index in [9.17, 15) is 9.18 Å². The summed E-state index contributed by atoms with van der Waals surface area (Å²) in [4.78, 5) is 23.4. The molecule has 0 saturated carbocycles.